The molecule has 1 aliphatic carbocycles. The van der Waals surface area contributed by atoms with Crippen molar-refractivity contribution < 1.29 is 0 Å². The van der Waals surface area contributed by atoms with Crippen LogP contribution in [-0.2, 0) is 0 Å². The SMILES string of the molecule is NC(CCC1CC1)c1ccc(C#Cc2cc(Br)cc(Br)c2)cc1. The minimum absolute atomic E-state index is 0.152. The number of halogens is 2. The Balaban J connectivity index is 1.66. The van der Waals surface area contributed by atoms with Crippen LogP contribution in [0.5, 0.6) is 0 Å². The Hall–Kier alpha value is -1.08. The fourth-order valence-corrected chi connectivity index (χ4v) is 3.87. The highest BCUT2D eigenvalue weighted by atomic mass is 79.9. The first kappa shape index (κ1) is 16.8. The molecule has 23 heavy (non-hydrogen) atoms. The van der Waals surface area contributed by atoms with Crippen molar-refractivity contribution in [1.82, 2.24) is 0 Å². The summed E-state index contributed by atoms with van der Waals surface area (Å²) in [7, 11) is 0. The van der Waals surface area contributed by atoms with Crippen molar-refractivity contribution >= 4 is 31.9 Å². The minimum Gasteiger partial charge on any atom is -0.324 e. The Bertz CT molecular complexity index is 716. The molecule has 2 N–H and O–H groups in total. The molecule has 1 aliphatic rings. The Morgan fingerprint density at radius 1 is 0.957 bits per heavy atom. The van der Waals surface area contributed by atoms with E-state index in [-0.39, 0.29) is 6.04 Å². The maximum Gasteiger partial charge on any atom is 0.0294 e. The molecule has 0 heterocycles. The summed E-state index contributed by atoms with van der Waals surface area (Å²) in [5.41, 5.74) is 9.48. The van der Waals surface area contributed by atoms with Crippen LogP contribution in [0.1, 0.15) is 48.4 Å². The molecule has 0 amide bonds. The summed E-state index contributed by atoms with van der Waals surface area (Å²) in [5.74, 6) is 7.35. The van der Waals surface area contributed by atoms with Crippen molar-refractivity contribution in [2.45, 2.75) is 31.7 Å². The lowest BCUT2D eigenvalue weighted by Gasteiger charge is -2.11. The molecule has 3 heteroatoms. The first-order chi connectivity index (χ1) is 11.1. The van der Waals surface area contributed by atoms with Crippen LogP contribution in [0.2, 0.25) is 0 Å². The van der Waals surface area contributed by atoms with Gasteiger partial charge in [0.1, 0.15) is 0 Å². The van der Waals surface area contributed by atoms with Gasteiger partial charge in [0.15, 0.2) is 0 Å². The zero-order valence-electron chi connectivity index (χ0n) is 12.9. The van der Waals surface area contributed by atoms with Crippen molar-refractivity contribution in [2.24, 2.45) is 11.7 Å². The Kier molecular flexibility index (Phi) is 5.58. The lowest BCUT2D eigenvalue weighted by molar-refractivity contribution is 0.575. The van der Waals surface area contributed by atoms with Gasteiger partial charge in [0.05, 0.1) is 0 Å². The molecule has 1 fully saturated rings. The molecule has 0 aliphatic heterocycles. The van der Waals surface area contributed by atoms with Gasteiger partial charge in [-0.25, -0.2) is 0 Å². The molecule has 2 aromatic rings. The number of benzene rings is 2. The summed E-state index contributed by atoms with van der Waals surface area (Å²) in [6.07, 6.45) is 5.14. The van der Waals surface area contributed by atoms with Crippen LogP contribution in [-0.4, -0.2) is 0 Å². The number of nitrogens with two attached hydrogens (primary N) is 1. The van der Waals surface area contributed by atoms with E-state index in [1.165, 1.54) is 24.8 Å². The first-order valence-corrected chi connectivity index (χ1v) is 9.52. The van der Waals surface area contributed by atoms with E-state index < -0.39 is 0 Å². The molecule has 1 saturated carbocycles. The molecule has 0 aromatic heterocycles. The smallest absolute Gasteiger partial charge is 0.0294 e. The van der Waals surface area contributed by atoms with Crippen molar-refractivity contribution in [2.75, 3.05) is 0 Å². The van der Waals surface area contributed by atoms with Gasteiger partial charge in [-0.05, 0) is 54.7 Å². The Morgan fingerprint density at radius 3 is 2.17 bits per heavy atom. The van der Waals surface area contributed by atoms with Crippen LogP contribution < -0.4 is 5.73 Å². The maximum absolute atomic E-state index is 6.27. The van der Waals surface area contributed by atoms with Crippen molar-refractivity contribution in [3.05, 3.63) is 68.1 Å². The van der Waals surface area contributed by atoms with E-state index in [0.717, 1.165) is 32.4 Å². The summed E-state index contributed by atoms with van der Waals surface area (Å²) < 4.78 is 2.04. The molecule has 3 rings (SSSR count). The fourth-order valence-electron chi connectivity index (χ4n) is 2.57. The Morgan fingerprint density at radius 2 is 1.57 bits per heavy atom. The van der Waals surface area contributed by atoms with E-state index in [4.69, 9.17) is 5.73 Å². The van der Waals surface area contributed by atoms with Crippen LogP contribution in [0, 0.1) is 17.8 Å². The summed E-state index contributed by atoms with van der Waals surface area (Å²) in [6, 6.07) is 14.5. The van der Waals surface area contributed by atoms with E-state index in [0.29, 0.717) is 0 Å². The van der Waals surface area contributed by atoms with Crippen molar-refractivity contribution in [1.29, 1.82) is 0 Å². The summed E-state index contributed by atoms with van der Waals surface area (Å²) >= 11 is 6.96. The van der Waals surface area contributed by atoms with Gasteiger partial charge in [0, 0.05) is 26.1 Å². The molecule has 1 nitrogen and oxygen atoms in total. The second-order valence-electron chi connectivity index (χ2n) is 6.16. The van der Waals surface area contributed by atoms with Gasteiger partial charge in [0.2, 0.25) is 0 Å². The molecular weight excluding hydrogens is 414 g/mol. The summed E-state index contributed by atoms with van der Waals surface area (Å²) in [5, 5.41) is 0. The van der Waals surface area contributed by atoms with E-state index >= 15 is 0 Å². The highest BCUT2D eigenvalue weighted by Crippen LogP contribution is 2.35. The van der Waals surface area contributed by atoms with E-state index in [1.54, 1.807) is 0 Å². The fraction of sp³-hybridized carbons (Fsp3) is 0.300. The van der Waals surface area contributed by atoms with Crippen LogP contribution in [0.15, 0.2) is 51.4 Å². The molecular formula is C20H19Br2N. The molecule has 118 valence electrons. The van der Waals surface area contributed by atoms with Crippen LogP contribution in [0.3, 0.4) is 0 Å². The van der Waals surface area contributed by atoms with E-state index in [9.17, 15) is 0 Å². The predicted molar refractivity (Wildman–Crippen MR) is 103 cm³/mol. The lowest BCUT2D eigenvalue weighted by Crippen LogP contribution is -2.10. The second-order valence-corrected chi connectivity index (χ2v) is 7.99. The summed E-state index contributed by atoms with van der Waals surface area (Å²) in [4.78, 5) is 0. The maximum atomic E-state index is 6.27. The zero-order valence-corrected chi connectivity index (χ0v) is 16.0. The van der Waals surface area contributed by atoms with Crippen molar-refractivity contribution in [3.63, 3.8) is 0 Å². The zero-order chi connectivity index (χ0) is 16.2. The average molecular weight is 433 g/mol. The lowest BCUT2D eigenvalue weighted by atomic mass is 10.00. The third-order valence-electron chi connectivity index (χ3n) is 4.14. The molecule has 2 aromatic carbocycles. The topological polar surface area (TPSA) is 26.0 Å². The van der Waals surface area contributed by atoms with Gasteiger partial charge in [-0.2, -0.15) is 0 Å². The molecule has 0 spiro atoms. The van der Waals surface area contributed by atoms with Gasteiger partial charge in [0.25, 0.3) is 0 Å². The quantitative estimate of drug-likeness (QED) is 0.606. The van der Waals surface area contributed by atoms with Crippen molar-refractivity contribution in [3.8, 4) is 11.8 Å². The van der Waals surface area contributed by atoms with Gasteiger partial charge in [-0.15, -0.1) is 0 Å². The third kappa shape index (κ3) is 5.21. The van der Waals surface area contributed by atoms with Crippen LogP contribution in [0.4, 0.5) is 0 Å². The molecule has 1 unspecified atom stereocenters. The standard InChI is InChI=1S/C20H19Br2N/c21-18-11-16(12-19(22)13-18)4-3-15-5-8-17(9-6-15)20(23)10-7-14-1-2-14/h5-6,8-9,11-14,20H,1-2,7,10,23H2. The third-order valence-corrected chi connectivity index (χ3v) is 5.05. The normalized spacial score (nSPS) is 14.9. The van der Waals surface area contributed by atoms with Crippen LogP contribution >= 0.6 is 31.9 Å². The molecule has 1 atom stereocenters. The largest absolute Gasteiger partial charge is 0.324 e. The monoisotopic (exact) mass is 431 g/mol. The van der Waals surface area contributed by atoms with Gasteiger partial charge in [-0.3, -0.25) is 0 Å². The highest BCUT2D eigenvalue weighted by Gasteiger charge is 2.21. The Labute approximate surface area is 154 Å². The van der Waals surface area contributed by atoms with Crippen LogP contribution in [0.25, 0.3) is 0 Å². The summed E-state index contributed by atoms with van der Waals surface area (Å²) in [6.45, 7) is 0. The molecule has 0 radical (unpaired) electrons. The van der Waals surface area contributed by atoms with Gasteiger partial charge >= 0.3 is 0 Å². The van der Waals surface area contributed by atoms with Gasteiger partial charge < -0.3 is 5.73 Å². The predicted octanol–water partition coefficient (Wildman–Crippen LogP) is 5.80. The number of hydrogen-bond acceptors (Lipinski definition) is 1. The second kappa shape index (κ2) is 7.66. The number of rotatable bonds is 4. The minimum atomic E-state index is 0.152. The van der Waals surface area contributed by atoms with E-state index in [2.05, 4.69) is 68.0 Å². The van der Waals surface area contributed by atoms with Gasteiger partial charge in [-0.1, -0.05) is 68.7 Å². The average Bonchev–Trinajstić information content (AvgIpc) is 3.34. The number of hydrogen-bond donors (Lipinski definition) is 1. The van der Waals surface area contributed by atoms with E-state index in [1.807, 2.05) is 18.2 Å². The highest BCUT2D eigenvalue weighted by molar-refractivity contribution is 9.11. The molecule has 0 saturated heterocycles. The molecule has 0 bridgehead atoms. The first-order valence-electron chi connectivity index (χ1n) is 7.94.